The third-order valence-corrected chi connectivity index (χ3v) is 3.30. The van der Waals surface area contributed by atoms with Crippen LogP contribution in [0.5, 0.6) is 5.75 Å². The van der Waals surface area contributed by atoms with Crippen LogP contribution in [0.4, 0.5) is 5.69 Å². The Morgan fingerprint density at radius 2 is 2.11 bits per heavy atom. The highest BCUT2D eigenvalue weighted by Crippen LogP contribution is 2.35. The molecule has 5 nitrogen and oxygen atoms in total. The second-order valence-corrected chi connectivity index (χ2v) is 4.75. The maximum absolute atomic E-state index is 12.2. The summed E-state index contributed by atoms with van der Waals surface area (Å²) in [6.45, 7) is 3.54. The summed E-state index contributed by atoms with van der Waals surface area (Å²) < 4.78 is 5.62. The Hall–Kier alpha value is -1.59. The molecule has 104 valence electrons. The minimum absolute atomic E-state index is 0.00121. The maximum Gasteiger partial charge on any atom is 0.267 e. The molecule has 0 aromatic heterocycles. The molecule has 1 aromatic rings. The van der Waals surface area contributed by atoms with Gasteiger partial charge in [-0.05, 0) is 44.0 Å². The van der Waals surface area contributed by atoms with Crippen LogP contribution in [0, 0.1) is 0 Å². The van der Waals surface area contributed by atoms with Crippen LogP contribution in [0.2, 0.25) is 0 Å². The molecule has 0 fully saturated rings. The quantitative estimate of drug-likeness (QED) is 0.776. The van der Waals surface area contributed by atoms with Crippen LogP contribution >= 0.6 is 0 Å². The largest absolute Gasteiger partial charge is 0.479 e. The van der Waals surface area contributed by atoms with Gasteiger partial charge in [-0.25, -0.2) is 0 Å². The lowest BCUT2D eigenvalue weighted by Crippen LogP contribution is -2.45. The number of anilines is 1. The van der Waals surface area contributed by atoms with Crippen LogP contribution in [-0.2, 0) is 11.3 Å². The Morgan fingerprint density at radius 3 is 2.79 bits per heavy atom. The van der Waals surface area contributed by atoms with E-state index in [2.05, 4.69) is 0 Å². The van der Waals surface area contributed by atoms with Crippen LogP contribution in [0.25, 0.3) is 0 Å². The first kappa shape index (κ1) is 13.8. The van der Waals surface area contributed by atoms with Crippen molar-refractivity contribution in [2.24, 2.45) is 11.5 Å². The molecule has 0 aliphatic carbocycles. The van der Waals surface area contributed by atoms with Crippen molar-refractivity contribution in [3.8, 4) is 5.75 Å². The van der Waals surface area contributed by atoms with Gasteiger partial charge in [-0.1, -0.05) is 6.07 Å². The summed E-state index contributed by atoms with van der Waals surface area (Å²) in [6, 6.07) is 5.75. The maximum atomic E-state index is 12.2. The van der Waals surface area contributed by atoms with Crippen molar-refractivity contribution in [3.63, 3.8) is 0 Å². The lowest BCUT2D eigenvalue weighted by molar-refractivity contribution is -0.125. The van der Waals surface area contributed by atoms with Gasteiger partial charge in [-0.2, -0.15) is 0 Å². The number of nitrogens with zero attached hydrogens (tertiary/aromatic N) is 1. The summed E-state index contributed by atoms with van der Waals surface area (Å²) >= 11 is 0. The number of carbonyl (C=O) groups excluding carboxylic acids is 1. The third-order valence-electron chi connectivity index (χ3n) is 3.30. The van der Waals surface area contributed by atoms with Crippen molar-refractivity contribution in [1.82, 2.24) is 0 Å². The molecule has 1 atom stereocenters. The Labute approximate surface area is 113 Å². The molecule has 0 bridgehead atoms. The molecule has 0 spiro atoms. The van der Waals surface area contributed by atoms with Gasteiger partial charge in [0.15, 0.2) is 6.10 Å². The van der Waals surface area contributed by atoms with Crippen molar-refractivity contribution < 1.29 is 9.53 Å². The fourth-order valence-electron chi connectivity index (χ4n) is 2.22. The van der Waals surface area contributed by atoms with E-state index in [4.69, 9.17) is 16.2 Å². The standard InChI is InChI=1S/C14H21N3O2/c1-10-14(18)17(7-3-2-6-15)12-8-11(9-16)4-5-13(12)19-10/h4-5,8,10H,2-3,6-7,9,15-16H2,1H3. The summed E-state index contributed by atoms with van der Waals surface area (Å²) in [5, 5.41) is 0. The van der Waals surface area contributed by atoms with Crippen LogP contribution in [0.1, 0.15) is 25.3 Å². The average Bonchev–Trinajstić information content (AvgIpc) is 2.43. The van der Waals surface area contributed by atoms with Crippen molar-refractivity contribution in [2.75, 3.05) is 18.0 Å². The number of hydrogen-bond acceptors (Lipinski definition) is 4. The predicted molar refractivity (Wildman–Crippen MR) is 75.1 cm³/mol. The summed E-state index contributed by atoms with van der Waals surface area (Å²) in [4.78, 5) is 14.0. The van der Waals surface area contributed by atoms with E-state index in [0.29, 0.717) is 19.6 Å². The van der Waals surface area contributed by atoms with E-state index < -0.39 is 6.10 Å². The highest BCUT2D eigenvalue weighted by Gasteiger charge is 2.31. The van der Waals surface area contributed by atoms with Crippen molar-refractivity contribution in [3.05, 3.63) is 23.8 Å². The van der Waals surface area contributed by atoms with Gasteiger partial charge in [0.05, 0.1) is 5.69 Å². The minimum Gasteiger partial charge on any atom is -0.479 e. The monoisotopic (exact) mass is 263 g/mol. The molecule has 1 heterocycles. The first-order chi connectivity index (χ1) is 9.17. The summed E-state index contributed by atoms with van der Waals surface area (Å²) in [5.41, 5.74) is 13.0. The van der Waals surface area contributed by atoms with Gasteiger partial charge in [0.2, 0.25) is 0 Å². The van der Waals surface area contributed by atoms with E-state index in [9.17, 15) is 4.79 Å². The van der Waals surface area contributed by atoms with Gasteiger partial charge < -0.3 is 21.1 Å². The number of fused-ring (bicyclic) bond motifs is 1. The number of benzene rings is 1. The van der Waals surface area contributed by atoms with E-state index in [1.165, 1.54) is 0 Å². The molecular formula is C14H21N3O2. The van der Waals surface area contributed by atoms with Gasteiger partial charge in [-0.15, -0.1) is 0 Å². The Morgan fingerprint density at radius 1 is 1.32 bits per heavy atom. The van der Waals surface area contributed by atoms with E-state index in [1.807, 2.05) is 18.2 Å². The molecule has 2 rings (SSSR count). The molecular weight excluding hydrogens is 242 g/mol. The zero-order chi connectivity index (χ0) is 13.8. The van der Waals surface area contributed by atoms with Gasteiger partial charge in [0.1, 0.15) is 5.75 Å². The topological polar surface area (TPSA) is 81.6 Å². The molecule has 1 unspecified atom stereocenters. The molecule has 1 aliphatic rings. The molecule has 1 aliphatic heterocycles. The lowest BCUT2D eigenvalue weighted by atomic mass is 10.1. The smallest absolute Gasteiger partial charge is 0.267 e. The van der Waals surface area contributed by atoms with E-state index >= 15 is 0 Å². The second-order valence-electron chi connectivity index (χ2n) is 4.75. The van der Waals surface area contributed by atoms with Gasteiger partial charge in [0.25, 0.3) is 5.91 Å². The first-order valence-electron chi connectivity index (χ1n) is 6.68. The number of rotatable bonds is 5. The zero-order valence-corrected chi connectivity index (χ0v) is 11.3. The van der Waals surface area contributed by atoms with E-state index in [-0.39, 0.29) is 5.91 Å². The molecule has 0 radical (unpaired) electrons. The highest BCUT2D eigenvalue weighted by molar-refractivity contribution is 5.99. The van der Waals surface area contributed by atoms with Crippen molar-refractivity contribution >= 4 is 11.6 Å². The van der Waals surface area contributed by atoms with Gasteiger partial charge in [0, 0.05) is 13.1 Å². The summed E-state index contributed by atoms with van der Waals surface area (Å²) in [7, 11) is 0. The molecule has 1 aromatic carbocycles. The van der Waals surface area contributed by atoms with Crippen molar-refractivity contribution in [1.29, 1.82) is 0 Å². The molecule has 0 saturated carbocycles. The Bertz CT molecular complexity index is 462. The number of carbonyl (C=O) groups is 1. The van der Waals surface area contributed by atoms with Crippen LogP contribution in [0.3, 0.4) is 0 Å². The number of nitrogens with two attached hydrogens (primary N) is 2. The SMILES string of the molecule is CC1Oc2ccc(CN)cc2N(CCCCN)C1=O. The molecule has 5 heteroatoms. The molecule has 0 saturated heterocycles. The van der Waals surface area contributed by atoms with Gasteiger partial charge in [-0.3, -0.25) is 4.79 Å². The van der Waals surface area contributed by atoms with E-state index in [1.54, 1.807) is 11.8 Å². The highest BCUT2D eigenvalue weighted by atomic mass is 16.5. The van der Waals surface area contributed by atoms with Crippen LogP contribution in [-0.4, -0.2) is 25.1 Å². The third kappa shape index (κ3) is 2.88. The molecule has 19 heavy (non-hydrogen) atoms. The van der Waals surface area contributed by atoms with Crippen LogP contribution < -0.4 is 21.1 Å². The second kappa shape index (κ2) is 6.04. The number of ether oxygens (including phenoxy) is 1. The minimum atomic E-state index is -0.436. The van der Waals surface area contributed by atoms with E-state index in [0.717, 1.165) is 29.8 Å². The number of hydrogen-bond donors (Lipinski definition) is 2. The number of amides is 1. The molecule has 4 N–H and O–H groups in total. The van der Waals surface area contributed by atoms with Gasteiger partial charge >= 0.3 is 0 Å². The predicted octanol–water partition coefficient (Wildman–Crippen LogP) is 0.998. The van der Waals surface area contributed by atoms with Crippen molar-refractivity contribution in [2.45, 2.75) is 32.4 Å². The Balaban J connectivity index is 2.27. The van der Waals surface area contributed by atoms with Crippen LogP contribution in [0.15, 0.2) is 18.2 Å². The number of unbranched alkanes of at least 4 members (excludes halogenated alkanes) is 1. The first-order valence-corrected chi connectivity index (χ1v) is 6.68. The molecule has 1 amide bonds. The summed E-state index contributed by atoms with van der Waals surface area (Å²) in [5.74, 6) is 0.746. The fourth-order valence-corrected chi connectivity index (χ4v) is 2.22. The average molecular weight is 263 g/mol. The fraction of sp³-hybridized carbons (Fsp3) is 0.500. The summed E-state index contributed by atoms with van der Waals surface area (Å²) in [6.07, 6.45) is 1.36. The lowest BCUT2D eigenvalue weighted by Gasteiger charge is -2.33. The zero-order valence-electron chi connectivity index (χ0n) is 11.3. The normalized spacial score (nSPS) is 18.2. The Kier molecular flexibility index (Phi) is 4.39.